The predicted octanol–water partition coefficient (Wildman–Crippen LogP) is 4.19. The number of carbonyl (C=O) groups excluding carboxylic acids is 1. The van der Waals surface area contributed by atoms with Crippen LogP contribution in [0, 0.1) is 6.92 Å². The first-order chi connectivity index (χ1) is 17.1. The third kappa shape index (κ3) is 4.74. The minimum Gasteiger partial charge on any atom is -0.493 e. The fourth-order valence-electron chi connectivity index (χ4n) is 5.38. The number of carboxylic acid groups (broad SMARTS) is 1. The van der Waals surface area contributed by atoms with Gasteiger partial charge >= 0.3 is 12.0 Å². The number of carbonyl (C=O) groups is 2. The van der Waals surface area contributed by atoms with Crippen LogP contribution in [-0.4, -0.2) is 48.6 Å². The number of nitrogens with zero attached hydrogens (tertiary/aromatic N) is 1. The molecule has 2 aliphatic carbocycles. The molecule has 9 nitrogen and oxygen atoms in total. The maximum Gasteiger partial charge on any atom is 0.330 e. The van der Waals surface area contributed by atoms with Crippen LogP contribution in [0.25, 0.3) is 0 Å². The van der Waals surface area contributed by atoms with Gasteiger partial charge in [-0.05, 0) is 87.6 Å². The van der Waals surface area contributed by atoms with Crippen molar-refractivity contribution in [2.45, 2.75) is 74.3 Å². The van der Waals surface area contributed by atoms with E-state index in [1.807, 2.05) is 12.1 Å². The summed E-state index contributed by atoms with van der Waals surface area (Å²) in [5, 5.41) is 10.3. The van der Waals surface area contributed by atoms with Gasteiger partial charge in [0.2, 0.25) is 0 Å². The molecule has 0 spiro atoms. The number of aryl methyl sites for hydroxylation is 1. The highest BCUT2D eigenvalue weighted by atomic mass is 32.2. The van der Waals surface area contributed by atoms with E-state index < -0.39 is 27.6 Å². The molecule has 194 valence electrons. The molecular formula is C26H32N2O7S. The highest BCUT2D eigenvalue weighted by Gasteiger charge is 2.56. The van der Waals surface area contributed by atoms with Gasteiger partial charge in [0.1, 0.15) is 0 Å². The summed E-state index contributed by atoms with van der Waals surface area (Å²) in [5.74, 6) is -0.578. The van der Waals surface area contributed by atoms with Gasteiger partial charge < -0.3 is 20.3 Å². The average Bonchev–Trinajstić information content (AvgIpc) is 3.50. The third-order valence-electron chi connectivity index (χ3n) is 7.29. The lowest BCUT2D eigenvalue weighted by molar-refractivity contribution is -0.147. The van der Waals surface area contributed by atoms with Crippen molar-refractivity contribution in [3.63, 3.8) is 0 Å². The van der Waals surface area contributed by atoms with Crippen LogP contribution in [0.15, 0.2) is 47.4 Å². The Hall–Kier alpha value is -3.27. The summed E-state index contributed by atoms with van der Waals surface area (Å²) in [7, 11) is -2.95. The maximum atomic E-state index is 13.5. The summed E-state index contributed by atoms with van der Waals surface area (Å²) in [6.45, 7) is 1.79. The number of rotatable bonds is 8. The Bertz CT molecular complexity index is 1240. The number of methoxy groups -OCH3 is 1. The predicted molar refractivity (Wildman–Crippen MR) is 133 cm³/mol. The van der Waals surface area contributed by atoms with E-state index in [0.717, 1.165) is 36.8 Å². The molecule has 0 aliphatic heterocycles. The SMILES string of the molecule is COc1ccc([C@H]2CC[C@](C(=O)O)(N(C(N)=O)S(=O)(=O)c3ccc(C)cc3)C2)cc1OC1CCCC1. The fraction of sp³-hybridized carbons (Fsp3) is 0.462. The summed E-state index contributed by atoms with van der Waals surface area (Å²) >= 11 is 0. The molecule has 36 heavy (non-hydrogen) atoms. The van der Waals surface area contributed by atoms with Crippen LogP contribution in [0.2, 0.25) is 0 Å². The molecule has 0 unspecified atom stereocenters. The first-order valence-electron chi connectivity index (χ1n) is 12.1. The van der Waals surface area contributed by atoms with Gasteiger partial charge in [0.15, 0.2) is 17.0 Å². The Morgan fingerprint density at radius 1 is 1.06 bits per heavy atom. The van der Waals surface area contributed by atoms with Crippen LogP contribution in [-0.2, 0) is 14.8 Å². The normalized spacial score (nSPS) is 22.3. The van der Waals surface area contributed by atoms with Crippen molar-refractivity contribution in [3.05, 3.63) is 53.6 Å². The Kier molecular flexibility index (Phi) is 7.17. The molecule has 2 atom stereocenters. The van der Waals surface area contributed by atoms with E-state index in [1.54, 1.807) is 32.2 Å². The molecule has 2 saturated carbocycles. The second-order valence-corrected chi connectivity index (χ2v) is 11.4. The minimum absolute atomic E-state index is 0.0636. The Balaban J connectivity index is 1.68. The standard InChI is InChI=1S/C26H32N2O7S/c1-17-7-10-21(11-8-17)36(32,33)28(25(27)31)26(24(29)30)14-13-19(16-26)18-9-12-22(34-2)23(15-18)35-20-5-3-4-6-20/h7-12,15,19-20H,3-6,13-14,16H2,1-2H3,(H2,27,31)(H,29,30)/t19-,26-/m0/s1. The quantitative estimate of drug-likeness (QED) is 0.537. The number of sulfonamides is 1. The van der Waals surface area contributed by atoms with Crippen LogP contribution < -0.4 is 15.2 Å². The zero-order chi connectivity index (χ0) is 26.1. The summed E-state index contributed by atoms with van der Waals surface area (Å²) < 4.78 is 39.0. The minimum atomic E-state index is -4.51. The first kappa shape index (κ1) is 25.8. The largest absolute Gasteiger partial charge is 0.493 e. The van der Waals surface area contributed by atoms with Gasteiger partial charge in [-0.2, -0.15) is 4.31 Å². The topological polar surface area (TPSA) is 136 Å². The van der Waals surface area contributed by atoms with E-state index in [2.05, 4.69) is 0 Å². The molecule has 2 fully saturated rings. The van der Waals surface area contributed by atoms with Crippen LogP contribution in [0.5, 0.6) is 11.5 Å². The van der Waals surface area contributed by atoms with Crippen molar-refractivity contribution in [1.82, 2.24) is 4.31 Å². The smallest absolute Gasteiger partial charge is 0.330 e. The van der Waals surface area contributed by atoms with Gasteiger partial charge in [0.05, 0.1) is 18.1 Å². The van der Waals surface area contributed by atoms with Crippen LogP contribution >= 0.6 is 0 Å². The number of benzene rings is 2. The van der Waals surface area contributed by atoms with E-state index in [1.165, 1.54) is 12.1 Å². The lowest BCUT2D eigenvalue weighted by Crippen LogP contribution is -2.59. The first-order valence-corrected chi connectivity index (χ1v) is 13.5. The molecule has 10 heteroatoms. The van der Waals surface area contributed by atoms with E-state index in [9.17, 15) is 23.1 Å². The van der Waals surface area contributed by atoms with Gasteiger partial charge in [-0.1, -0.05) is 23.8 Å². The monoisotopic (exact) mass is 516 g/mol. The molecule has 0 bridgehead atoms. The number of urea groups is 1. The van der Waals surface area contributed by atoms with Gasteiger partial charge in [0, 0.05) is 0 Å². The summed E-state index contributed by atoms with van der Waals surface area (Å²) in [6.07, 6.45) is 4.42. The number of hydrogen-bond donors (Lipinski definition) is 2. The zero-order valence-corrected chi connectivity index (χ0v) is 21.3. The summed E-state index contributed by atoms with van der Waals surface area (Å²) in [4.78, 5) is 25.0. The van der Waals surface area contributed by atoms with Crippen LogP contribution in [0.1, 0.15) is 62.0 Å². The summed E-state index contributed by atoms with van der Waals surface area (Å²) in [6, 6.07) is 9.97. The van der Waals surface area contributed by atoms with E-state index in [-0.39, 0.29) is 29.8 Å². The molecule has 0 aromatic heterocycles. The molecule has 4 rings (SSSR count). The second-order valence-electron chi connectivity index (χ2n) is 9.63. The third-order valence-corrected chi connectivity index (χ3v) is 9.17. The highest BCUT2D eigenvalue weighted by Crippen LogP contribution is 2.48. The molecule has 3 N–H and O–H groups in total. The van der Waals surface area contributed by atoms with Crippen molar-refractivity contribution in [2.75, 3.05) is 7.11 Å². The zero-order valence-electron chi connectivity index (χ0n) is 20.5. The molecule has 0 saturated heterocycles. The highest BCUT2D eigenvalue weighted by molar-refractivity contribution is 7.89. The molecule has 2 aromatic rings. The van der Waals surface area contributed by atoms with E-state index >= 15 is 0 Å². The summed E-state index contributed by atoms with van der Waals surface area (Å²) in [5.41, 5.74) is 5.15. The number of ether oxygens (including phenoxy) is 2. The Labute approximate surface area is 211 Å². The van der Waals surface area contributed by atoms with Crippen LogP contribution in [0.4, 0.5) is 4.79 Å². The van der Waals surface area contributed by atoms with Gasteiger partial charge in [-0.3, -0.25) is 0 Å². The molecule has 2 aromatic carbocycles. The van der Waals surface area contributed by atoms with Crippen molar-refractivity contribution in [2.24, 2.45) is 5.73 Å². The maximum absolute atomic E-state index is 13.5. The molecule has 0 heterocycles. The molecule has 2 aliphatic rings. The van der Waals surface area contributed by atoms with E-state index in [0.29, 0.717) is 22.2 Å². The number of carboxylic acids is 1. The van der Waals surface area contributed by atoms with Gasteiger partial charge in [0.25, 0.3) is 10.0 Å². The number of amides is 2. The second kappa shape index (κ2) is 10.0. The molecular weight excluding hydrogens is 484 g/mol. The fourth-order valence-corrected chi connectivity index (χ4v) is 7.01. The lowest BCUT2D eigenvalue weighted by atomic mass is 9.92. The Morgan fingerprint density at radius 2 is 1.72 bits per heavy atom. The van der Waals surface area contributed by atoms with Crippen molar-refractivity contribution in [3.8, 4) is 11.5 Å². The number of aliphatic carboxylic acids is 1. The van der Waals surface area contributed by atoms with Crippen LogP contribution in [0.3, 0.4) is 0 Å². The van der Waals surface area contributed by atoms with Crippen molar-refractivity contribution in [1.29, 1.82) is 0 Å². The average molecular weight is 517 g/mol. The number of nitrogens with two attached hydrogens (primary N) is 1. The van der Waals surface area contributed by atoms with Gasteiger partial charge in [-0.15, -0.1) is 0 Å². The van der Waals surface area contributed by atoms with Gasteiger partial charge in [-0.25, -0.2) is 18.0 Å². The molecule has 2 amide bonds. The number of primary amides is 1. The van der Waals surface area contributed by atoms with E-state index in [4.69, 9.17) is 15.2 Å². The lowest BCUT2D eigenvalue weighted by Gasteiger charge is -2.35. The van der Waals surface area contributed by atoms with Crippen molar-refractivity contribution < 1.29 is 32.6 Å². The molecule has 0 radical (unpaired) electrons. The van der Waals surface area contributed by atoms with Crippen molar-refractivity contribution >= 4 is 22.0 Å². The Morgan fingerprint density at radius 3 is 2.31 bits per heavy atom. The number of hydrogen-bond acceptors (Lipinski definition) is 6.